The summed E-state index contributed by atoms with van der Waals surface area (Å²) in [4.78, 5) is 8.16. The molecule has 0 spiro atoms. The zero-order chi connectivity index (χ0) is 10.8. The second-order valence-electron chi connectivity index (χ2n) is 2.81. The molecule has 2 aromatic rings. The van der Waals surface area contributed by atoms with Crippen LogP contribution in [0.15, 0.2) is 30.7 Å². The van der Waals surface area contributed by atoms with E-state index in [0.29, 0.717) is 10.0 Å². The van der Waals surface area contributed by atoms with E-state index < -0.39 is 0 Å². The number of benzene rings is 1. The first-order chi connectivity index (χ1) is 7.20. The Hall–Kier alpha value is -0.390. The predicted molar refractivity (Wildman–Crippen MR) is 70.2 cm³/mol. The molecule has 15 heavy (non-hydrogen) atoms. The van der Waals surface area contributed by atoms with Crippen LogP contribution in [0.2, 0.25) is 10.0 Å². The number of rotatable bonds is 1. The zero-order valence-electron chi connectivity index (χ0n) is 7.42. The summed E-state index contributed by atoms with van der Waals surface area (Å²) in [6, 6.07) is 3.79. The van der Waals surface area contributed by atoms with Gasteiger partial charge in [-0.1, -0.05) is 29.3 Å². The minimum atomic E-state index is 0.518. The monoisotopic (exact) mass is 350 g/mol. The first-order valence-electron chi connectivity index (χ1n) is 4.10. The maximum Gasteiger partial charge on any atom is 0.0900 e. The van der Waals surface area contributed by atoms with Crippen molar-refractivity contribution in [3.63, 3.8) is 0 Å². The normalized spacial score (nSPS) is 10.3. The second-order valence-corrected chi connectivity index (χ2v) is 4.73. The molecule has 1 aromatic heterocycles. The summed E-state index contributed by atoms with van der Waals surface area (Å²) in [6.07, 6.45) is 4.90. The second kappa shape index (κ2) is 4.63. The van der Waals surface area contributed by atoms with E-state index >= 15 is 0 Å². The molecule has 0 aliphatic carbocycles. The number of aromatic nitrogens is 2. The smallest absolute Gasteiger partial charge is 0.0900 e. The molecular formula is C10H5Cl2IN2. The van der Waals surface area contributed by atoms with Crippen molar-refractivity contribution in [2.24, 2.45) is 0 Å². The molecule has 0 atom stereocenters. The van der Waals surface area contributed by atoms with E-state index in [2.05, 4.69) is 32.6 Å². The van der Waals surface area contributed by atoms with Gasteiger partial charge in [-0.25, -0.2) is 0 Å². The van der Waals surface area contributed by atoms with Crippen molar-refractivity contribution < 1.29 is 0 Å². The van der Waals surface area contributed by atoms with Gasteiger partial charge in [0.1, 0.15) is 0 Å². The van der Waals surface area contributed by atoms with Crippen LogP contribution >= 0.6 is 45.8 Å². The van der Waals surface area contributed by atoms with Gasteiger partial charge in [0, 0.05) is 21.5 Å². The van der Waals surface area contributed by atoms with Crippen molar-refractivity contribution in [3.05, 3.63) is 44.3 Å². The van der Waals surface area contributed by atoms with E-state index in [1.807, 2.05) is 12.1 Å². The fourth-order valence-corrected chi connectivity index (χ4v) is 2.20. The SMILES string of the molecule is Clc1c(I)ccc(-c2cnccn2)c1Cl. The Morgan fingerprint density at radius 3 is 2.53 bits per heavy atom. The zero-order valence-corrected chi connectivity index (χ0v) is 11.1. The van der Waals surface area contributed by atoms with Gasteiger partial charge in [0.05, 0.1) is 21.9 Å². The van der Waals surface area contributed by atoms with Crippen LogP contribution < -0.4 is 0 Å². The molecule has 1 heterocycles. The lowest BCUT2D eigenvalue weighted by Crippen LogP contribution is -1.87. The largest absolute Gasteiger partial charge is 0.261 e. The Bertz CT molecular complexity index is 488. The van der Waals surface area contributed by atoms with E-state index in [-0.39, 0.29) is 0 Å². The van der Waals surface area contributed by atoms with Crippen molar-refractivity contribution in [2.75, 3.05) is 0 Å². The lowest BCUT2D eigenvalue weighted by atomic mass is 10.1. The highest BCUT2D eigenvalue weighted by molar-refractivity contribution is 14.1. The summed E-state index contributed by atoms with van der Waals surface area (Å²) >= 11 is 14.3. The molecule has 0 radical (unpaired) electrons. The van der Waals surface area contributed by atoms with E-state index in [1.54, 1.807) is 18.6 Å². The summed E-state index contributed by atoms with van der Waals surface area (Å²) in [5.41, 5.74) is 1.52. The third kappa shape index (κ3) is 2.24. The molecule has 2 rings (SSSR count). The first kappa shape index (κ1) is 11.1. The average molecular weight is 351 g/mol. The van der Waals surface area contributed by atoms with E-state index in [4.69, 9.17) is 23.2 Å². The molecule has 76 valence electrons. The Balaban J connectivity index is 2.60. The van der Waals surface area contributed by atoms with Crippen LogP contribution in [0.1, 0.15) is 0 Å². The Morgan fingerprint density at radius 2 is 1.87 bits per heavy atom. The number of halogens is 3. The third-order valence-corrected chi connectivity index (χ3v) is 3.97. The summed E-state index contributed by atoms with van der Waals surface area (Å²) in [7, 11) is 0. The standard InChI is InChI=1S/C10H5Cl2IN2/c11-9-6(1-2-7(13)10(9)12)8-5-14-3-4-15-8/h1-5H. The molecule has 1 aromatic carbocycles. The molecule has 0 fully saturated rings. The molecule has 0 N–H and O–H groups in total. The van der Waals surface area contributed by atoms with Gasteiger partial charge in [0.2, 0.25) is 0 Å². The van der Waals surface area contributed by atoms with Crippen LogP contribution in [0.25, 0.3) is 11.3 Å². The van der Waals surface area contributed by atoms with E-state index in [0.717, 1.165) is 14.8 Å². The van der Waals surface area contributed by atoms with E-state index in [9.17, 15) is 0 Å². The summed E-state index contributed by atoms with van der Waals surface area (Å²) in [5, 5.41) is 1.07. The predicted octanol–water partition coefficient (Wildman–Crippen LogP) is 4.06. The van der Waals surface area contributed by atoms with Crippen molar-refractivity contribution >= 4 is 45.8 Å². The lowest BCUT2D eigenvalue weighted by molar-refractivity contribution is 1.21. The molecule has 0 saturated carbocycles. The Kier molecular flexibility index (Phi) is 3.43. The summed E-state index contributed by atoms with van der Waals surface area (Å²) in [6.45, 7) is 0. The van der Waals surface area contributed by atoms with E-state index in [1.165, 1.54) is 0 Å². The third-order valence-electron chi connectivity index (χ3n) is 1.87. The summed E-state index contributed by atoms with van der Waals surface area (Å²) < 4.78 is 0.923. The minimum Gasteiger partial charge on any atom is -0.261 e. The Morgan fingerprint density at radius 1 is 1.07 bits per heavy atom. The van der Waals surface area contributed by atoms with Gasteiger partial charge >= 0.3 is 0 Å². The van der Waals surface area contributed by atoms with Crippen molar-refractivity contribution in [2.45, 2.75) is 0 Å². The van der Waals surface area contributed by atoms with Gasteiger partial charge < -0.3 is 0 Å². The fraction of sp³-hybridized carbons (Fsp3) is 0. The molecule has 0 saturated heterocycles. The maximum absolute atomic E-state index is 6.13. The minimum absolute atomic E-state index is 0.518. The fourth-order valence-electron chi connectivity index (χ4n) is 1.16. The highest BCUT2D eigenvalue weighted by Gasteiger charge is 2.10. The quantitative estimate of drug-likeness (QED) is 0.572. The van der Waals surface area contributed by atoms with Crippen LogP contribution in [0, 0.1) is 3.57 Å². The van der Waals surface area contributed by atoms with Crippen molar-refractivity contribution in [1.29, 1.82) is 0 Å². The van der Waals surface area contributed by atoms with Crippen LogP contribution in [0.3, 0.4) is 0 Å². The molecular weight excluding hydrogens is 346 g/mol. The molecule has 2 nitrogen and oxygen atoms in total. The van der Waals surface area contributed by atoms with Gasteiger partial charge in [0.25, 0.3) is 0 Å². The first-order valence-corrected chi connectivity index (χ1v) is 5.93. The molecule has 5 heteroatoms. The van der Waals surface area contributed by atoms with Gasteiger partial charge in [0.15, 0.2) is 0 Å². The highest BCUT2D eigenvalue weighted by Crippen LogP contribution is 2.35. The Labute approximate surface area is 111 Å². The molecule has 0 amide bonds. The molecule has 0 aliphatic rings. The van der Waals surface area contributed by atoms with Crippen LogP contribution in [-0.2, 0) is 0 Å². The molecule has 0 unspecified atom stereocenters. The van der Waals surface area contributed by atoms with Crippen molar-refractivity contribution in [3.8, 4) is 11.3 Å². The lowest BCUT2D eigenvalue weighted by Gasteiger charge is -2.05. The maximum atomic E-state index is 6.13. The van der Waals surface area contributed by atoms with Gasteiger partial charge in [-0.05, 0) is 28.7 Å². The van der Waals surface area contributed by atoms with Crippen LogP contribution in [0.4, 0.5) is 0 Å². The summed E-state index contributed by atoms with van der Waals surface area (Å²) in [5.74, 6) is 0. The number of nitrogens with zero attached hydrogens (tertiary/aromatic N) is 2. The van der Waals surface area contributed by atoms with Gasteiger partial charge in [-0.3, -0.25) is 9.97 Å². The van der Waals surface area contributed by atoms with Crippen LogP contribution in [-0.4, -0.2) is 9.97 Å². The molecule has 0 aliphatic heterocycles. The highest BCUT2D eigenvalue weighted by atomic mass is 127. The number of hydrogen-bond acceptors (Lipinski definition) is 2. The van der Waals surface area contributed by atoms with Gasteiger partial charge in [-0.15, -0.1) is 0 Å². The van der Waals surface area contributed by atoms with Gasteiger partial charge in [-0.2, -0.15) is 0 Å². The number of hydrogen-bond donors (Lipinski definition) is 0. The average Bonchev–Trinajstić information content (AvgIpc) is 2.27. The topological polar surface area (TPSA) is 25.8 Å². The van der Waals surface area contributed by atoms with Crippen LogP contribution in [0.5, 0.6) is 0 Å². The van der Waals surface area contributed by atoms with Crippen molar-refractivity contribution in [1.82, 2.24) is 9.97 Å². The molecule has 0 bridgehead atoms.